The molecule has 1 unspecified atom stereocenters. The number of hydrogen-bond donors (Lipinski definition) is 1. The quantitative estimate of drug-likeness (QED) is 0.752. The molecular formula is C15H11Br2FN2. The van der Waals surface area contributed by atoms with Crippen LogP contribution in [0.3, 0.4) is 0 Å². The van der Waals surface area contributed by atoms with Crippen molar-refractivity contribution in [1.82, 2.24) is 0 Å². The molecule has 0 fully saturated rings. The molecule has 5 heteroatoms. The fourth-order valence-corrected chi connectivity index (χ4v) is 3.31. The molecule has 1 N–H and O–H groups in total. The number of anilines is 1. The molecule has 0 saturated carbocycles. The van der Waals surface area contributed by atoms with Gasteiger partial charge in [0.05, 0.1) is 5.69 Å². The molecule has 2 aromatic rings. The summed E-state index contributed by atoms with van der Waals surface area (Å²) in [5.74, 6) is -0.514. The van der Waals surface area contributed by atoms with E-state index in [9.17, 15) is 4.39 Å². The lowest BCUT2D eigenvalue weighted by Crippen LogP contribution is -2.09. The summed E-state index contributed by atoms with van der Waals surface area (Å²) in [4.78, 5) is 0. The van der Waals surface area contributed by atoms with Crippen LogP contribution in [0.15, 0.2) is 45.3 Å². The van der Waals surface area contributed by atoms with Crippen molar-refractivity contribution in [1.29, 1.82) is 5.26 Å². The summed E-state index contributed by atoms with van der Waals surface area (Å²) in [6.07, 6.45) is 0. The van der Waals surface area contributed by atoms with Gasteiger partial charge in [0.1, 0.15) is 17.4 Å². The zero-order chi connectivity index (χ0) is 14.7. The fraction of sp³-hybridized carbons (Fsp3) is 0.133. The molecule has 0 spiro atoms. The number of halogens is 3. The summed E-state index contributed by atoms with van der Waals surface area (Å²) >= 11 is 6.90. The van der Waals surface area contributed by atoms with Crippen LogP contribution in [-0.2, 0) is 0 Å². The molecule has 1 atom stereocenters. The molecule has 20 heavy (non-hydrogen) atoms. The molecule has 102 valence electrons. The van der Waals surface area contributed by atoms with E-state index in [0.29, 0.717) is 5.69 Å². The topological polar surface area (TPSA) is 35.8 Å². The Kier molecular flexibility index (Phi) is 4.79. The first-order chi connectivity index (χ1) is 9.52. The molecule has 2 aromatic carbocycles. The van der Waals surface area contributed by atoms with E-state index in [1.54, 1.807) is 12.1 Å². The minimum Gasteiger partial charge on any atom is -0.377 e. The Balaban J connectivity index is 2.31. The number of nitriles is 1. The molecular weight excluding hydrogens is 387 g/mol. The van der Waals surface area contributed by atoms with E-state index < -0.39 is 5.82 Å². The molecule has 2 rings (SSSR count). The normalized spacial score (nSPS) is 11.8. The minimum absolute atomic E-state index is 0.0348. The molecule has 0 amide bonds. The summed E-state index contributed by atoms with van der Waals surface area (Å²) < 4.78 is 15.5. The van der Waals surface area contributed by atoms with E-state index in [1.807, 2.05) is 31.2 Å². The van der Waals surface area contributed by atoms with Crippen molar-refractivity contribution >= 4 is 37.5 Å². The van der Waals surface area contributed by atoms with Crippen LogP contribution in [-0.4, -0.2) is 0 Å². The smallest absolute Gasteiger partial charge is 0.143 e. The summed E-state index contributed by atoms with van der Waals surface area (Å²) in [7, 11) is 0. The summed E-state index contributed by atoms with van der Waals surface area (Å²) in [5.41, 5.74) is 1.56. The Hall–Kier alpha value is -1.38. The van der Waals surface area contributed by atoms with Gasteiger partial charge in [-0.25, -0.2) is 4.39 Å². The van der Waals surface area contributed by atoms with Crippen LogP contribution >= 0.6 is 31.9 Å². The van der Waals surface area contributed by atoms with Gasteiger partial charge in [-0.15, -0.1) is 0 Å². The van der Waals surface area contributed by atoms with Gasteiger partial charge >= 0.3 is 0 Å². The maximum Gasteiger partial charge on any atom is 0.143 e. The second-order valence-corrected chi connectivity index (χ2v) is 6.08. The Labute approximate surface area is 133 Å². The van der Waals surface area contributed by atoms with Gasteiger partial charge in [-0.05, 0) is 36.8 Å². The zero-order valence-electron chi connectivity index (χ0n) is 10.6. The van der Waals surface area contributed by atoms with Crippen molar-refractivity contribution in [3.63, 3.8) is 0 Å². The minimum atomic E-state index is -0.514. The van der Waals surface area contributed by atoms with E-state index in [4.69, 9.17) is 5.26 Å². The average Bonchev–Trinajstić information content (AvgIpc) is 2.38. The molecule has 0 aliphatic rings. The molecule has 2 nitrogen and oxygen atoms in total. The highest BCUT2D eigenvalue weighted by molar-refractivity contribution is 9.11. The predicted octanol–water partition coefficient (Wildman–Crippen LogP) is 5.40. The highest BCUT2D eigenvalue weighted by atomic mass is 79.9. The molecule has 0 bridgehead atoms. The van der Waals surface area contributed by atoms with Gasteiger partial charge in [0.25, 0.3) is 0 Å². The largest absolute Gasteiger partial charge is 0.377 e. The third-order valence-corrected chi connectivity index (χ3v) is 4.11. The van der Waals surface area contributed by atoms with Crippen molar-refractivity contribution < 1.29 is 4.39 Å². The molecule has 0 aliphatic heterocycles. The van der Waals surface area contributed by atoms with Crippen LogP contribution in [0.4, 0.5) is 10.1 Å². The maximum atomic E-state index is 13.6. The van der Waals surface area contributed by atoms with Crippen molar-refractivity contribution in [2.45, 2.75) is 13.0 Å². The van der Waals surface area contributed by atoms with Gasteiger partial charge in [-0.3, -0.25) is 0 Å². The monoisotopic (exact) mass is 396 g/mol. The molecule has 0 radical (unpaired) electrons. The van der Waals surface area contributed by atoms with Gasteiger partial charge < -0.3 is 5.32 Å². The van der Waals surface area contributed by atoms with Gasteiger partial charge in [0, 0.05) is 15.0 Å². The Morgan fingerprint density at radius 3 is 2.65 bits per heavy atom. The summed E-state index contributed by atoms with van der Waals surface area (Å²) in [5, 5.41) is 12.2. The lowest BCUT2D eigenvalue weighted by atomic mass is 10.1. The second-order valence-electron chi connectivity index (χ2n) is 4.31. The average molecular weight is 398 g/mol. The molecule has 0 saturated heterocycles. The standard InChI is InChI=1S/C15H11Br2FN2/c1-9(11-6-5-10(16)7-13(11)17)20-15-4-2-3-14(18)12(15)8-19/h2-7,9,20H,1H3. The zero-order valence-corrected chi connectivity index (χ0v) is 13.8. The first-order valence-corrected chi connectivity index (χ1v) is 7.51. The van der Waals surface area contributed by atoms with E-state index in [1.165, 1.54) is 6.07 Å². The highest BCUT2D eigenvalue weighted by Crippen LogP contribution is 2.30. The van der Waals surface area contributed by atoms with E-state index >= 15 is 0 Å². The van der Waals surface area contributed by atoms with Crippen LogP contribution in [0.1, 0.15) is 24.1 Å². The summed E-state index contributed by atoms with van der Waals surface area (Å²) in [6, 6.07) is 12.2. The number of hydrogen-bond acceptors (Lipinski definition) is 2. The van der Waals surface area contributed by atoms with E-state index in [0.717, 1.165) is 14.5 Å². The third-order valence-electron chi connectivity index (χ3n) is 2.93. The van der Waals surface area contributed by atoms with Gasteiger partial charge in [-0.2, -0.15) is 5.26 Å². The molecule has 0 heterocycles. The van der Waals surface area contributed by atoms with Gasteiger partial charge in [0.2, 0.25) is 0 Å². The van der Waals surface area contributed by atoms with E-state index in [-0.39, 0.29) is 11.6 Å². The van der Waals surface area contributed by atoms with E-state index in [2.05, 4.69) is 37.2 Å². The Morgan fingerprint density at radius 2 is 2.00 bits per heavy atom. The maximum absolute atomic E-state index is 13.6. The van der Waals surface area contributed by atoms with Crippen LogP contribution in [0.5, 0.6) is 0 Å². The number of nitrogens with one attached hydrogen (secondary N) is 1. The lowest BCUT2D eigenvalue weighted by Gasteiger charge is -2.18. The van der Waals surface area contributed by atoms with Crippen LogP contribution in [0.25, 0.3) is 0 Å². The predicted molar refractivity (Wildman–Crippen MR) is 85.0 cm³/mol. The SMILES string of the molecule is CC(Nc1cccc(F)c1C#N)c1ccc(Br)cc1Br. The van der Waals surface area contributed by atoms with Gasteiger partial charge in [-0.1, -0.05) is 44.0 Å². The first kappa shape index (κ1) is 15.0. The lowest BCUT2D eigenvalue weighted by molar-refractivity contribution is 0.624. The molecule has 0 aliphatic carbocycles. The Bertz CT molecular complexity index is 680. The fourth-order valence-electron chi connectivity index (χ4n) is 1.92. The highest BCUT2D eigenvalue weighted by Gasteiger charge is 2.13. The summed E-state index contributed by atoms with van der Waals surface area (Å²) in [6.45, 7) is 1.96. The van der Waals surface area contributed by atoms with Crippen molar-refractivity contribution in [3.05, 3.63) is 62.3 Å². The second kappa shape index (κ2) is 6.38. The van der Waals surface area contributed by atoms with Gasteiger partial charge in [0.15, 0.2) is 0 Å². The van der Waals surface area contributed by atoms with Crippen LogP contribution in [0, 0.1) is 17.1 Å². The molecule has 0 aromatic heterocycles. The Morgan fingerprint density at radius 1 is 1.25 bits per heavy atom. The van der Waals surface area contributed by atoms with Crippen molar-refractivity contribution in [2.24, 2.45) is 0 Å². The van der Waals surface area contributed by atoms with Crippen molar-refractivity contribution in [3.8, 4) is 6.07 Å². The van der Waals surface area contributed by atoms with Crippen LogP contribution in [0.2, 0.25) is 0 Å². The van der Waals surface area contributed by atoms with Crippen LogP contribution < -0.4 is 5.32 Å². The first-order valence-electron chi connectivity index (χ1n) is 5.93. The third kappa shape index (κ3) is 3.20. The number of rotatable bonds is 3. The number of nitrogens with zero attached hydrogens (tertiary/aromatic N) is 1. The van der Waals surface area contributed by atoms with Crippen molar-refractivity contribution in [2.75, 3.05) is 5.32 Å². The number of benzene rings is 2.